The van der Waals surface area contributed by atoms with Gasteiger partial charge in [0.05, 0.1) is 5.56 Å². The molecule has 0 radical (unpaired) electrons. The predicted molar refractivity (Wildman–Crippen MR) is 73.3 cm³/mol. The lowest BCUT2D eigenvalue weighted by Gasteiger charge is -2.29. The molecule has 18 heavy (non-hydrogen) atoms. The molecular weight excluding hydrogens is 228 g/mol. The molecule has 0 fully saturated rings. The first-order valence-electron chi connectivity index (χ1n) is 6.32. The highest BCUT2D eigenvalue weighted by atomic mass is 16.4. The van der Waals surface area contributed by atoms with Gasteiger partial charge in [-0.05, 0) is 39.9 Å². The van der Waals surface area contributed by atoms with Crippen LogP contribution in [0.4, 0.5) is 0 Å². The molecule has 0 spiro atoms. The van der Waals surface area contributed by atoms with Crippen LogP contribution in [0.25, 0.3) is 0 Å². The first-order valence-corrected chi connectivity index (χ1v) is 6.32. The fourth-order valence-electron chi connectivity index (χ4n) is 2.47. The molecule has 0 amide bonds. The average molecular weight is 252 g/mol. The van der Waals surface area contributed by atoms with Crippen molar-refractivity contribution in [3.05, 3.63) is 23.0 Å². The molecule has 0 aliphatic rings. The summed E-state index contributed by atoms with van der Waals surface area (Å²) in [7, 11) is 4.09. The minimum atomic E-state index is -0.846. The molecule has 0 saturated heterocycles. The van der Waals surface area contributed by atoms with E-state index in [-0.39, 0.29) is 0 Å². The van der Waals surface area contributed by atoms with Gasteiger partial charge < -0.3 is 14.6 Å². The van der Waals surface area contributed by atoms with E-state index in [1.165, 1.54) is 0 Å². The lowest BCUT2D eigenvalue weighted by atomic mass is 10.0. The van der Waals surface area contributed by atoms with E-state index in [4.69, 9.17) is 0 Å². The number of hydrogen-bond donors (Lipinski definition) is 1. The Bertz CT molecular complexity index is 433. The quantitative estimate of drug-likeness (QED) is 0.876. The summed E-state index contributed by atoms with van der Waals surface area (Å²) in [4.78, 5) is 13.3. The van der Waals surface area contributed by atoms with Gasteiger partial charge in [0.2, 0.25) is 0 Å². The second-order valence-corrected chi connectivity index (χ2v) is 5.53. The van der Waals surface area contributed by atoms with Gasteiger partial charge in [0, 0.05) is 24.0 Å². The molecule has 0 aliphatic carbocycles. The molecule has 0 aliphatic heterocycles. The maximum absolute atomic E-state index is 11.2. The molecule has 0 bridgehead atoms. The van der Waals surface area contributed by atoms with Crippen LogP contribution in [0, 0.1) is 19.8 Å². The zero-order chi connectivity index (χ0) is 14.0. The minimum Gasteiger partial charge on any atom is -0.478 e. The second-order valence-electron chi connectivity index (χ2n) is 5.53. The summed E-state index contributed by atoms with van der Waals surface area (Å²) in [5, 5.41) is 9.18. The first-order chi connectivity index (χ1) is 8.25. The van der Waals surface area contributed by atoms with Gasteiger partial charge in [0.15, 0.2) is 0 Å². The molecule has 1 unspecified atom stereocenters. The van der Waals surface area contributed by atoms with E-state index in [1.807, 2.05) is 27.9 Å². The third-order valence-electron chi connectivity index (χ3n) is 3.37. The first kappa shape index (κ1) is 14.8. The standard InChI is InChI=1S/C14H24N2O2/c1-9(2)13(8-15(5)6)16-10(3)7-12(11(16)4)14(17)18/h7,9,13H,8H2,1-6H3,(H,17,18). The predicted octanol–water partition coefficient (Wildman–Crippen LogP) is 2.56. The van der Waals surface area contributed by atoms with Crippen LogP contribution in [0.3, 0.4) is 0 Å². The lowest BCUT2D eigenvalue weighted by Crippen LogP contribution is -2.29. The Balaban J connectivity index is 3.24. The summed E-state index contributed by atoms with van der Waals surface area (Å²) in [6, 6.07) is 2.07. The highest BCUT2D eigenvalue weighted by molar-refractivity contribution is 5.89. The van der Waals surface area contributed by atoms with E-state index in [1.54, 1.807) is 6.07 Å². The normalized spacial score (nSPS) is 13.3. The van der Waals surface area contributed by atoms with Gasteiger partial charge in [-0.1, -0.05) is 13.8 Å². The van der Waals surface area contributed by atoms with Crippen LogP contribution in [0.2, 0.25) is 0 Å². The van der Waals surface area contributed by atoms with Crippen LogP contribution in [0.15, 0.2) is 6.07 Å². The largest absolute Gasteiger partial charge is 0.478 e. The van der Waals surface area contributed by atoms with Crippen LogP contribution in [-0.4, -0.2) is 41.2 Å². The molecular formula is C14H24N2O2. The Morgan fingerprint density at radius 1 is 1.39 bits per heavy atom. The Morgan fingerprint density at radius 2 is 1.94 bits per heavy atom. The third-order valence-corrected chi connectivity index (χ3v) is 3.37. The van der Waals surface area contributed by atoms with Gasteiger partial charge in [-0.25, -0.2) is 4.79 Å². The summed E-state index contributed by atoms with van der Waals surface area (Å²) in [5.74, 6) is -0.388. The van der Waals surface area contributed by atoms with Crippen molar-refractivity contribution >= 4 is 5.97 Å². The number of carboxylic acids is 1. The molecule has 0 aromatic carbocycles. The molecule has 0 saturated carbocycles. The second kappa shape index (κ2) is 5.57. The summed E-state index contributed by atoms with van der Waals surface area (Å²) in [6.07, 6.45) is 0. The van der Waals surface area contributed by atoms with E-state index in [9.17, 15) is 9.90 Å². The fourth-order valence-corrected chi connectivity index (χ4v) is 2.47. The van der Waals surface area contributed by atoms with Gasteiger partial charge in [0.25, 0.3) is 0 Å². The molecule has 1 aromatic rings. The van der Waals surface area contributed by atoms with Crippen LogP contribution in [-0.2, 0) is 0 Å². The Morgan fingerprint density at radius 3 is 2.28 bits per heavy atom. The molecule has 1 atom stereocenters. The lowest BCUT2D eigenvalue weighted by molar-refractivity contribution is 0.0695. The summed E-state index contributed by atoms with van der Waals surface area (Å²) in [6.45, 7) is 9.13. The Kier molecular flexibility index (Phi) is 4.57. The summed E-state index contributed by atoms with van der Waals surface area (Å²) in [5.41, 5.74) is 2.28. The number of carbonyl (C=O) groups is 1. The van der Waals surface area contributed by atoms with Gasteiger partial charge >= 0.3 is 5.97 Å². The van der Waals surface area contributed by atoms with Gasteiger partial charge in [-0.3, -0.25) is 0 Å². The molecule has 4 heteroatoms. The molecule has 1 aromatic heterocycles. The average Bonchev–Trinajstić information content (AvgIpc) is 2.51. The Hall–Kier alpha value is -1.29. The number of nitrogens with zero attached hydrogens (tertiary/aromatic N) is 2. The number of carboxylic acid groups (broad SMARTS) is 1. The minimum absolute atomic E-state index is 0.299. The molecule has 1 rings (SSSR count). The maximum Gasteiger partial charge on any atom is 0.337 e. The number of likely N-dealkylation sites (N-methyl/N-ethyl adjacent to an activating group) is 1. The van der Waals surface area contributed by atoms with Crippen molar-refractivity contribution in [2.75, 3.05) is 20.6 Å². The van der Waals surface area contributed by atoms with Crippen molar-refractivity contribution in [2.45, 2.75) is 33.7 Å². The molecule has 4 nitrogen and oxygen atoms in total. The van der Waals surface area contributed by atoms with Gasteiger partial charge in [0.1, 0.15) is 0 Å². The Labute approximate surface area is 109 Å². The molecule has 102 valence electrons. The number of rotatable bonds is 5. The van der Waals surface area contributed by atoms with E-state index < -0.39 is 5.97 Å². The molecule has 1 N–H and O–H groups in total. The zero-order valence-electron chi connectivity index (χ0n) is 12.2. The SMILES string of the molecule is Cc1cc(C(=O)O)c(C)n1C(CN(C)C)C(C)C. The highest BCUT2D eigenvalue weighted by Gasteiger charge is 2.23. The number of aromatic carboxylic acids is 1. The van der Waals surface area contributed by atoms with Gasteiger partial charge in [-0.15, -0.1) is 0 Å². The van der Waals surface area contributed by atoms with Crippen LogP contribution in [0.1, 0.15) is 41.6 Å². The van der Waals surface area contributed by atoms with E-state index in [0.29, 0.717) is 17.5 Å². The van der Waals surface area contributed by atoms with E-state index >= 15 is 0 Å². The highest BCUT2D eigenvalue weighted by Crippen LogP contribution is 2.26. The monoisotopic (exact) mass is 252 g/mol. The van der Waals surface area contributed by atoms with Crippen LogP contribution >= 0.6 is 0 Å². The van der Waals surface area contributed by atoms with Crippen molar-refractivity contribution in [3.8, 4) is 0 Å². The van der Waals surface area contributed by atoms with Crippen LogP contribution in [0.5, 0.6) is 0 Å². The molecule has 1 heterocycles. The number of aromatic nitrogens is 1. The van der Waals surface area contributed by atoms with Crippen LogP contribution < -0.4 is 0 Å². The van der Waals surface area contributed by atoms with Crippen molar-refractivity contribution < 1.29 is 9.90 Å². The summed E-state index contributed by atoms with van der Waals surface area (Å²) >= 11 is 0. The van der Waals surface area contributed by atoms with E-state index in [0.717, 1.165) is 17.9 Å². The van der Waals surface area contributed by atoms with Crippen molar-refractivity contribution in [1.29, 1.82) is 0 Å². The zero-order valence-corrected chi connectivity index (χ0v) is 12.2. The third kappa shape index (κ3) is 2.93. The van der Waals surface area contributed by atoms with Crippen molar-refractivity contribution in [1.82, 2.24) is 9.47 Å². The topological polar surface area (TPSA) is 45.5 Å². The number of hydrogen-bond acceptors (Lipinski definition) is 2. The maximum atomic E-state index is 11.2. The van der Waals surface area contributed by atoms with E-state index in [2.05, 4.69) is 23.3 Å². The fraction of sp³-hybridized carbons (Fsp3) is 0.643. The van der Waals surface area contributed by atoms with Crippen molar-refractivity contribution in [3.63, 3.8) is 0 Å². The van der Waals surface area contributed by atoms with Gasteiger partial charge in [-0.2, -0.15) is 0 Å². The van der Waals surface area contributed by atoms with Crippen molar-refractivity contribution in [2.24, 2.45) is 5.92 Å². The smallest absolute Gasteiger partial charge is 0.337 e. The number of aryl methyl sites for hydroxylation is 1. The summed E-state index contributed by atoms with van der Waals surface area (Å²) < 4.78 is 2.16.